The Morgan fingerprint density at radius 2 is 1.07 bits per heavy atom. The quantitative estimate of drug-likeness (QED) is 0.354. The van der Waals surface area contributed by atoms with E-state index >= 15 is 0 Å². The number of hydrogen-bond donors (Lipinski definition) is 2. The van der Waals surface area contributed by atoms with Gasteiger partial charge in [-0.1, -0.05) is 38.8 Å². The number of aryl methyl sites for hydroxylation is 2. The minimum absolute atomic E-state index is 0. The van der Waals surface area contributed by atoms with E-state index in [2.05, 4.69) is 20.1 Å². The van der Waals surface area contributed by atoms with Gasteiger partial charge in [0.1, 0.15) is 11.5 Å². The molecule has 0 aromatic heterocycles. The highest BCUT2D eigenvalue weighted by Crippen LogP contribution is 2.43. The van der Waals surface area contributed by atoms with Crippen LogP contribution in [0.25, 0.3) is 0 Å². The molecule has 2 saturated heterocycles. The van der Waals surface area contributed by atoms with E-state index in [-0.39, 0.29) is 71.3 Å². The second-order valence-electron chi connectivity index (χ2n) is 11.1. The van der Waals surface area contributed by atoms with Crippen molar-refractivity contribution in [1.82, 2.24) is 20.4 Å². The van der Waals surface area contributed by atoms with E-state index in [1.807, 2.05) is 26.0 Å². The summed E-state index contributed by atoms with van der Waals surface area (Å²) in [4.78, 5) is 28.2. The lowest BCUT2D eigenvalue weighted by molar-refractivity contribution is -0.275. The number of carbonyl (C=O) groups is 2. The van der Waals surface area contributed by atoms with Gasteiger partial charge in [-0.2, -0.15) is 0 Å². The lowest BCUT2D eigenvalue weighted by Gasteiger charge is -2.30. The predicted molar refractivity (Wildman–Crippen MR) is 162 cm³/mol. The number of hydrogen-bond acceptors (Lipinski definition) is 6. The van der Waals surface area contributed by atoms with Crippen molar-refractivity contribution in [2.45, 2.75) is 64.3 Å². The summed E-state index contributed by atoms with van der Waals surface area (Å²) in [7, 11) is 0. The molecule has 0 aliphatic carbocycles. The average molecular weight is 702 g/mol. The molecular weight excluding hydrogens is 665 g/mol. The summed E-state index contributed by atoms with van der Waals surface area (Å²) in [6, 6.07) is 5.97. The van der Waals surface area contributed by atoms with Crippen molar-refractivity contribution in [2.75, 3.05) is 39.3 Å². The Balaban J connectivity index is 0.000000240. The molecule has 2 N–H and O–H groups in total. The molecule has 4 aliphatic rings. The second-order valence-corrected chi connectivity index (χ2v) is 11.1. The highest BCUT2D eigenvalue weighted by molar-refractivity contribution is 6.02. The topological polar surface area (TPSA) is 83.1 Å². The van der Waals surface area contributed by atoms with Gasteiger partial charge in [0.2, 0.25) is 0 Å². The number of benzene rings is 2. The van der Waals surface area contributed by atoms with Crippen LogP contribution in [-0.4, -0.2) is 73.6 Å². The van der Waals surface area contributed by atoms with Crippen LogP contribution < -0.4 is 20.1 Å². The van der Waals surface area contributed by atoms with Gasteiger partial charge in [-0.15, -0.1) is 51.2 Å². The first-order valence-corrected chi connectivity index (χ1v) is 14.7. The van der Waals surface area contributed by atoms with Crippen molar-refractivity contribution in [3.63, 3.8) is 0 Å². The molecule has 256 valence electrons. The summed E-state index contributed by atoms with van der Waals surface area (Å²) in [6.07, 6.45) is -6.69. The molecule has 0 radical (unpaired) electrons. The predicted octanol–water partition coefficient (Wildman–Crippen LogP) is 6.12. The van der Waals surface area contributed by atoms with Gasteiger partial charge in [-0.25, -0.2) is 0 Å². The lowest BCUT2D eigenvalue weighted by Crippen LogP contribution is -2.44. The van der Waals surface area contributed by atoms with Crippen molar-refractivity contribution in [1.29, 1.82) is 0 Å². The molecule has 2 fully saturated rings. The van der Waals surface area contributed by atoms with Gasteiger partial charge in [0.05, 0.1) is 23.2 Å². The zero-order chi connectivity index (χ0) is 31.8. The number of nitrogens with one attached hydrogen (secondary N) is 2. The summed E-state index contributed by atoms with van der Waals surface area (Å²) < 4.78 is 84.3. The summed E-state index contributed by atoms with van der Waals surface area (Å²) >= 11 is 0. The van der Waals surface area contributed by atoms with Crippen LogP contribution in [0.15, 0.2) is 24.3 Å². The first-order valence-electron chi connectivity index (χ1n) is 14.7. The standard InChI is InChI=1S/2C15H17F3N2O2.2ClH/c2*1-2-3-9-6-10-11-8-19-4-5-20(11)14(21)13(10)12(7-9)22-15(16,17)18;;/h2*6-7,11,19H,2-5,8H2,1H3;2*1H/t2*11-;;/m10../s1. The molecule has 2 amide bonds. The van der Waals surface area contributed by atoms with Crippen molar-refractivity contribution in [3.8, 4) is 11.5 Å². The number of nitrogens with zero attached hydrogens (tertiary/aromatic N) is 2. The Hall–Kier alpha value is -2.94. The molecule has 2 aromatic rings. The SMILES string of the molecule is CCCc1cc(OC(F)(F)F)c2c(c1)[C@@H]1CNCCN1C2=O.CCCc1cc(OC(F)(F)F)c2c(c1)[C@H]1CNCCN1C2=O.Cl.Cl. The van der Waals surface area contributed by atoms with Gasteiger partial charge in [0.25, 0.3) is 11.8 Å². The molecule has 16 heteroatoms. The largest absolute Gasteiger partial charge is 0.573 e. The molecule has 6 rings (SSSR count). The first-order chi connectivity index (χ1) is 20.8. The normalized spacial score (nSPS) is 19.9. The molecular formula is C30H36Cl2F6N4O4. The molecule has 46 heavy (non-hydrogen) atoms. The van der Waals surface area contributed by atoms with E-state index in [0.29, 0.717) is 63.2 Å². The number of alkyl halides is 6. The number of piperazine rings is 2. The average Bonchev–Trinajstić information content (AvgIpc) is 3.39. The zero-order valence-electron chi connectivity index (χ0n) is 25.1. The van der Waals surface area contributed by atoms with E-state index in [9.17, 15) is 35.9 Å². The second kappa shape index (κ2) is 14.9. The van der Waals surface area contributed by atoms with Crippen LogP contribution in [0.2, 0.25) is 0 Å². The fraction of sp³-hybridized carbons (Fsp3) is 0.533. The van der Waals surface area contributed by atoms with Gasteiger partial charge in [0.15, 0.2) is 0 Å². The number of amides is 2. The molecule has 0 bridgehead atoms. The number of fused-ring (bicyclic) bond motifs is 6. The summed E-state index contributed by atoms with van der Waals surface area (Å²) in [6.45, 7) is 7.30. The van der Waals surface area contributed by atoms with Crippen molar-refractivity contribution >= 4 is 36.6 Å². The Labute approximate surface area is 275 Å². The van der Waals surface area contributed by atoms with Crippen molar-refractivity contribution in [3.05, 3.63) is 57.6 Å². The third kappa shape index (κ3) is 7.95. The third-order valence-electron chi connectivity index (χ3n) is 8.07. The van der Waals surface area contributed by atoms with E-state index in [1.165, 1.54) is 12.1 Å². The maximum Gasteiger partial charge on any atom is 0.573 e. The highest BCUT2D eigenvalue weighted by atomic mass is 35.5. The lowest BCUT2D eigenvalue weighted by atomic mass is 9.98. The van der Waals surface area contributed by atoms with Crippen LogP contribution in [0, 0.1) is 0 Å². The fourth-order valence-corrected chi connectivity index (χ4v) is 6.39. The number of ether oxygens (including phenoxy) is 2. The molecule has 0 unspecified atom stereocenters. The van der Waals surface area contributed by atoms with Gasteiger partial charge in [0, 0.05) is 39.3 Å². The van der Waals surface area contributed by atoms with Crippen LogP contribution in [0.4, 0.5) is 26.3 Å². The number of halogens is 8. The fourth-order valence-electron chi connectivity index (χ4n) is 6.39. The summed E-state index contributed by atoms with van der Waals surface area (Å²) in [5.41, 5.74) is 2.93. The maximum absolute atomic E-state index is 12.7. The Kier molecular flexibility index (Phi) is 12.1. The van der Waals surface area contributed by atoms with E-state index < -0.39 is 12.7 Å². The minimum atomic E-state index is -4.81. The molecule has 0 spiro atoms. The molecule has 0 saturated carbocycles. The molecule has 4 aliphatic heterocycles. The smallest absolute Gasteiger partial charge is 0.405 e. The van der Waals surface area contributed by atoms with Crippen LogP contribution >= 0.6 is 24.8 Å². The minimum Gasteiger partial charge on any atom is -0.405 e. The van der Waals surface area contributed by atoms with Gasteiger partial charge in [-0.3, -0.25) is 9.59 Å². The Bertz CT molecular complexity index is 1320. The zero-order valence-corrected chi connectivity index (χ0v) is 26.8. The summed E-state index contributed by atoms with van der Waals surface area (Å²) in [5.74, 6) is -1.48. The molecule has 8 nitrogen and oxygen atoms in total. The summed E-state index contributed by atoms with van der Waals surface area (Å²) in [5, 5.41) is 6.36. The first kappa shape index (κ1) is 37.5. The monoisotopic (exact) mass is 700 g/mol. The Morgan fingerprint density at radius 3 is 1.39 bits per heavy atom. The maximum atomic E-state index is 12.7. The molecule has 4 heterocycles. The number of rotatable bonds is 6. The van der Waals surface area contributed by atoms with E-state index in [1.54, 1.807) is 9.80 Å². The number of carbonyl (C=O) groups excluding carboxylic acids is 2. The van der Waals surface area contributed by atoms with Crippen LogP contribution in [0.1, 0.15) is 81.7 Å². The third-order valence-corrected chi connectivity index (χ3v) is 8.07. The van der Waals surface area contributed by atoms with Crippen LogP contribution in [-0.2, 0) is 12.8 Å². The van der Waals surface area contributed by atoms with E-state index in [4.69, 9.17) is 0 Å². The van der Waals surface area contributed by atoms with E-state index in [0.717, 1.165) is 24.0 Å². The van der Waals surface area contributed by atoms with Gasteiger partial charge >= 0.3 is 12.7 Å². The van der Waals surface area contributed by atoms with Gasteiger partial charge < -0.3 is 29.9 Å². The van der Waals surface area contributed by atoms with Crippen molar-refractivity contribution < 1.29 is 45.4 Å². The Morgan fingerprint density at radius 1 is 0.696 bits per heavy atom. The highest BCUT2D eigenvalue weighted by Gasteiger charge is 2.44. The van der Waals surface area contributed by atoms with Crippen LogP contribution in [0.5, 0.6) is 11.5 Å². The van der Waals surface area contributed by atoms with Gasteiger partial charge in [-0.05, 0) is 47.2 Å². The molecule has 2 atom stereocenters. The van der Waals surface area contributed by atoms with Crippen molar-refractivity contribution in [2.24, 2.45) is 0 Å². The van der Waals surface area contributed by atoms with Crippen LogP contribution in [0.3, 0.4) is 0 Å². The molecule has 2 aromatic carbocycles.